The Bertz CT molecular complexity index is 1130. The number of rotatable bonds is 4. The van der Waals surface area contributed by atoms with Crippen molar-refractivity contribution in [1.82, 2.24) is 20.4 Å². The monoisotopic (exact) mass is 479 g/mol. The van der Waals surface area contributed by atoms with E-state index in [9.17, 15) is 18.0 Å². The molecule has 1 aliphatic rings. The number of nitrogens with zero attached hydrogens (tertiary/aromatic N) is 2. The van der Waals surface area contributed by atoms with E-state index in [0.717, 1.165) is 47.4 Å². The van der Waals surface area contributed by atoms with Crippen LogP contribution in [-0.2, 0) is 23.1 Å². The number of anilines is 1. The summed E-state index contributed by atoms with van der Waals surface area (Å²) >= 11 is 0. The number of aromatic nitrogens is 2. The van der Waals surface area contributed by atoms with Crippen molar-refractivity contribution in [1.29, 1.82) is 0 Å². The van der Waals surface area contributed by atoms with Crippen molar-refractivity contribution in [2.45, 2.75) is 18.8 Å². The van der Waals surface area contributed by atoms with Crippen molar-refractivity contribution in [3.63, 3.8) is 0 Å². The predicted molar refractivity (Wildman–Crippen MR) is 118 cm³/mol. The van der Waals surface area contributed by atoms with Crippen LogP contribution in [0.2, 0.25) is 0 Å². The lowest BCUT2D eigenvalue weighted by Crippen LogP contribution is -2.33. The first-order chi connectivity index (χ1) is 16.1. The number of carbonyl (C=O) groups excluding carboxylic acids is 1. The molecule has 1 aromatic heterocycles. The second-order valence-electron chi connectivity index (χ2n) is 7.49. The van der Waals surface area contributed by atoms with Crippen LogP contribution in [0.3, 0.4) is 0 Å². The van der Waals surface area contributed by atoms with Gasteiger partial charge in [-0.1, -0.05) is 24.3 Å². The maximum Gasteiger partial charge on any atom is 0.490 e. The fourth-order valence-corrected chi connectivity index (χ4v) is 3.21. The molecule has 1 fully saturated rings. The Balaban J connectivity index is 0.000000406. The number of ether oxygens (including phenoxy) is 1. The number of carboxylic acids is 1. The Morgan fingerprint density at radius 1 is 1.24 bits per heavy atom. The Kier molecular flexibility index (Phi) is 8.08. The first-order valence-electron chi connectivity index (χ1n) is 10.3. The molecule has 1 unspecified atom stereocenters. The molecule has 4 rings (SSSR count). The van der Waals surface area contributed by atoms with Crippen LogP contribution in [0.4, 0.5) is 23.7 Å². The van der Waals surface area contributed by atoms with Crippen LogP contribution >= 0.6 is 0 Å². The van der Waals surface area contributed by atoms with E-state index in [1.807, 2.05) is 55.7 Å². The number of fused-ring (bicyclic) bond motifs is 1. The predicted octanol–water partition coefficient (Wildman–Crippen LogP) is 3.19. The molecule has 12 heteroatoms. The quantitative estimate of drug-likeness (QED) is 0.457. The number of hydrogen-bond donors (Lipinski definition) is 4. The van der Waals surface area contributed by atoms with E-state index >= 15 is 0 Å². The molecule has 1 saturated heterocycles. The molecule has 34 heavy (non-hydrogen) atoms. The summed E-state index contributed by atoms with van der Waals surface area (Å²) in [6.07, 6.45) is -3.04. The maximum absolute atomic E-state index is 12.2. The van der Waals surface area contributed by atoms with Crippen molar-refractivity contribution in [3.8, 4) is 0 Å². The lowest BCUT2D eigenvalue weighted by atomic mass is 10.1. The van der Waals surface area contributed by atoms with Crippen LogP contribution < -0.4 is 16.0 Å². The fourth-order valence-electron chi connectivity index (χ4n) is 3.21. The SMILES string of the molecule is Cn1cc2ccc(CNC(=O)Nc3ccc(C4CNCCO4)cc3)cc2n1.O=C(O)C(F)(F)F. The van der Waals surface area contributed by atoms with Gasteiger partial charge in [0, 0.05) is 44.0 Å². The van der Waals surface area contributed by atoms with E-state index in [2.05, 4.69) is 21.0 Å². The third kappa shape index (κ3) is 7.18. The van der Waals surface area contributed by atoms with Gasteiger partial charge in [0.25, 0.3) is 0 Å². The Morgan fingerprint density at radius 3 is 2.56 bits per heavy atom. The molecule has 9 nitrogen and oxygen atoms in total. The summed E-state index contributed by atoms with van der Waals surface area (Å²) in [5.74, 6) is -2.76. The highest BCUT2D eigenvalue weighted by Crippen LogP contribution is 2.21. The van der Waals surface area contributed by atoms with Gasteiger partial charge in [-0.3, -0.25) is 4.68 Å². The second kappa shape index (κ2) is 11.0. The first-order valence-corrected chi connectivity index (χ1v) is 10.3. The largest absolute Gasteiger partial charge is 0.490 e. The molecule has 0 bridgehead atoms. The number of hydrogen-bond acceptors (Lipinski definition) is 5. The summed E-state index contributed by atoms with van der Waals surface area (Å²) in [7, 11) is 1.90. The van der Waals surface area contributed by atoms with Crippen molar-refractivity contribution >= 4 is 28.6 Å². The highest BCUT2D eigenvalue weighted by Gasteiger charge is 2.38. The van der Waals surface area contributed by atoms with E-state index in [-0.39, 0.29) is 12.1 Å². The number of urea groups is 1. The van der Waals surface area contributed by atoms with Gasteiger partial charge < -0.3 is 25.8 Å². The van der Waals surface area contributed by atoms with Gasteiger partial charge in [0.2, 0.25) is 0 Å². The second-order valence-corrected chi connectivity index (χ2v) is 7.49. The zero-order valence-corrected chi connectivity index (χ0v) is 18.2. The number of alkyl halides is 3. The normalized spacial score (nSPS) is 15.8. The van der Waals surface area contributed by atoms with Gasteiger partial charge in [0.05, 0.1) is 18.2 Å². The van der Waals surface area contributed by atoms with Crippen LogP contribution in [0.15, 0.2) is 48.7 Å². The molecule has 0 spiro atoms. The fraction of sp³-hybridized carbons (Fsp3) is 0.318. The smallest absolute Gasteiger partial charge is 0.475 e. The molecule has 0 aliphatic carbocycles. The third-order valence-corrected chi connectivity index (χ3v) is 4.85. The number of aliphatic carboxylic acids is 1. The zero-order valence-electron chi connectivity index (χ0n) is 18.2. The number of morpholine rings is 1. The minimum absolute atomic E-state index is 0.0724. The van der Waals surface area contributed by atoms with Crippen molar-refractivity contribution in [2.75, 3.05) is 25.0 Å². The van der Waals surface area contributed by atoms with Gasteiger partial charge in [-0.15, -0.1) is 0 Å². The minimum atomic E-state index is -5.08. The molecular weight excluding hydrogens is 455 g/mol. The van der Waals surface area contributed by atoms with Gasteiger partial charge in [-0.25, -0.2) is 9.59 Å². The van der Waals surface area contributed by atoms with Gasteiger partial charge in [0.15, 0.2) is 0 Å². The molecule has 2 aromatic carbocycles. The summed E-state index contributed by atoms with van der Waals surface area (Å²) in [5.41, 5.74) is 3.79. The molecule has 0 saturated carbocycles. The number of benzene rings is 2. The van der Waals surface area contributed by atoms with Crippen LogP contribution in [-0.4, -0.2) is 52.8 Å². The molecule has 2 heterocycles. The minimum Gasteiger partial charge on any atom is -0.475 e. The average Bonchev–Trinajstić information content (AvgIpc) is 3.18. The topological polar surface area (TPSA) is 118 Å². The van der Waals surface area contributed by atoms with Crippen LogP contribution in [0.25, 0.3) is 10.9 Å². The van der Waals surface area contributed by atoms with Gasteiger partial charge >= 0.3 is 18.2 Å². The Hall–Kier alpha value is -3.64. The lowest BCUT2D eigenvalue weighted by Gasteiger charge is -2.24. The van der Waals surface area contributed by atoms with Crippen molar-refractivity contribution in [3.05, 3.63) is 59.8 Å². The summed E-state index contributed by atoms with van der Waals surface area (Å²) in [4.78, 5) is 21.1. The number of nitrogens with one attached hydrogen (secondary N) is 3. The molecule has 1 atom stereocenters. The molecule has 4 N–H and O–H groups in total. The highest BCUT2D eigenvalue weighted by atomic mass is 19.4. The van der Waals surface area contributed by atoms with E-state index in [1.54, 1.807) is 4.68 Å². The van der Waals surface area contributed by atoms with E-state index in [1.165, 1.54) is 0 Å². The maximum atomic E-state index is 12.2. The summed E-state index contributed by atoms with van der Waals surface area (Å²) < 4.78 is 39.3. The number of amides is 2. The molecule has 0 radical (unpaired) electrons. The van der Waals surface area contributed by atoms with Gasteiger partial charge in [-0.2, -0.15) is 18.3 Å². The molecule has 2 amide bonds. The summed E-state index contributed by atoms with van der Waals surface area (Å²) in [6, 6.07) is 13.5. The molecule has 182 valence electrons. The van der Waals surface area contributed by atoms with Gasteiger partial charge in [0.1, 0.15) is 0 Å². The summed E-state index contributed by atoms with van der Waals surface area (Å²) in [5, 5.41) is 21.6. The highest BCUT2D eigenvalue weighted by molar-refractivity contribution is 5.89. The van der Waals surface area contributed by atoms with Gasteiger partial charge in [-0.05, 0) is 29.3 Å². The van der Waals surface area contributed by atoms with Crippen LogP contribution in [0, 0.1) is 0 Å². The molecule has 3 aromatic rings. The summed E-state index contributed by atoms with van der Waals surface area (Å²) in [6.45, 7) is 2.87. The third-order valence-electron chi connectivity index (χ3n) is 4.85. The number of carbonyl (C=O) groups is 2. The van der Waals surface area contributed by atoms with E-state index < -0.39 is 12.1 Å². The average molecular weight is 479 g/mol. The Morgan fingerprint density at radius 2 is 1.94 bits per heavy atom. The van der Waals surface area contributed by atoms with E-state index in [0.29, 0.717) is 6.54 Å². The number of halogens is 3. The standard InChI is InChI=1S/C20H23N5O2.C2HF3O2/c1-25-13-16-3-2-14(10-18(16)24-25)11-22-20(26)23-17-6-4-15(5-7-17)19-12-21-8-9-27-19;3-2(4,5)1(6)7/h2-7,10,13,19,21H,8-9,11-12H2,1H3,(H2,22,23,26);(H,6,7). The van der Waals surface area contributed by atoms with E-state index in [4.69, 9.17) is 14.6 Å². The Labute approximate surface area is 192 Å². The van der Waals surface area contributed by atoms with Crippen molar-refractivity contribution in [2.24, 2.45) is 7.05 Å². The molecular formula is C22H24F3N5O4. The lowest BCUT2D eigenvalue weighted by molar-refractivity contribution is -0.192. The first kappa shape index (κ1) is 25.0. The van der Waals surface area contributed by atoms with Crippen molar-refractivity contribution < 1.29 is 32.6 Å². The van der Waals surface area contributed by atoms with Crippen LogP contribution in [0.5, 0.6) is 0 Å². The molecule has 1 aliphatic heterocycles. The number of carboxylic acid groups (broad SMARTS) is 1. The zero-order chi connectivity index (χ0) is 24.7. The van der Waals surface area contributed by atoms with Crippen LogP contribution in [0.1, 0.15) is 17.2 Å². The number of aryl methyl sites for hydroxylation is 1.